The van der Waals surface area contributed by atoms with Gasteiger partial charge in [-0.2, -0.15) is 0 Å². The second kappa shape index (κ2) is 7.08. The van der Waals surface area contributed by atoms with Crippen molar-refractivity contribution in [3.05, 3.63) is 58.9 Å². The molecule has 1 unspecified atom stereocenters. The van der Waals surface area contributed by atoms with Crippen molar-refractivity contribution < 1.29 is 24.8 Å². The summed E-state index contributed by atoms with van der Waals surface area (Å²) < 4.78 is 1.84. The zero-order valence-corrected chi connectivity index (χ0v) is 18.1. The SMILES string of the molecule is CC(=O)C1=C(c2cn3cnc(C(O)c4ccc[nH+]c4)c3s2)[C@H](C)[C@@H]2[C@@H]([C@@H](C)O)C(=O)N12. The van der Waals surface area contributed by atoms with Crippen molar-refractivity contribution in [1.29, 1.82) is 0 Å². The number of thiazole rings is 1. The van der Waals surface area contributed by atoms with Crippen LogP contribution in [0, 0.1) is 11.8 Å². The summed E-state index contributed by atoms with van der Waals surface area (Å²) >= 11 is 1.44. The molecule has 5 heterocycles. The number of carbonyl (C=O) groups excluding carboxylic acids is 2. The molecule has 2 aliphatic rings. The number of ketones is 1. The van der Waals surface area contributed by atoms with E-state index in [1.807, 2.05) is 29.7 Å². The van der Waals surface area contributed by atoms with Crippen molar-refractivity contribution in [3.8, 4) is 0 Å². The van der Waals surface area contributed by atoms with E-state index in [2.05, 4.69) is 9.97 Å². The Morgan fingerprint density at radius 1 is 1.35 bits per heavy atom. The van der Waals surface area contributed by atoms with E-state index in [0.717, 1.165) is 15.3 Å². The smallest absolute Gasteiger partial charge is 0.235 e. The third-order valence-electron chi connectivity index (χ3n) is 6.31. The Morgan fingerprint density at radius 2 is 2.13 bits per heavy atom. The first-order valence-electron chi connectivity index (χ1n) is 10.2. The monoisotopic (exact) mass is 439 g/mol. The number of hydrogen-bond acceptors (Lipinski definition) is 6. The van der Waals surface area contributed by atoms with E-state index in [-0.39, 0.29) is 23.7 Å². The number of carbonyl (C=O) groups is 2. The van der Waals surface area contributed by atoms with Crippen LogP contribution < -0.4 is 4.98 Å². The highest BCUT2D eigenvalue weighted by molar-refractivity contribution is 7.18. The minimum atomic E-state index is -0.891. The molecule has 0 aromatic carbocycles. The summed E-state index contributed by atoms with van der Waals surface area (Å²) in [6, 6.07) is 3.42. The number of imidazole rings is 1. The zero-order chi connectivity index (χ0) is 22.0. The van der Waals surface area contributed by atoms with Gasteiger partial charge in [0.05, 0.1) is 34.2 Å². The second-order valence-corrected chi connectivity index (χ2v) is 9.28. The van der Waals surface area contributed by atoms with Crippen LogP contribution in [0.5, 0.6) is 0 Å². The summed E-state index contributed by atoms with van der Waals surface area (Å²) in [6.07, 6.45) is 5.38. The van der Waals surface area contributed by atoms with Gasteiger partial charge in [-0.3, -0.25) is 14.0 Å². The molecule has 1 fully saturated rings. The van der Waals surface area contributed by atoms with Crippen LogP contribution in [0.15, 0.2) is 42.7 Å². The summed E-state index contributed by atoms with van der Waals surface area (Å²) in [6.45, 7) is 5.08. The number of β-lactam (4-membered cyclic amide) rings is 1. The molecule has 3 aromatic heterocycles. The lowest BCUT2D eigenvalue weighted by Gasteiger charge is -2.46. The number of hydrogen-bond donors (Lipinski definition) is 2. The summed E-state index contributed by atoms with van der Waals surface area (Å²) in [5.74, 6) is -0.961. The van der Waals surface area contributed by atoms with Gasteiger partial charge in [0.1, 0.15) is 23.0 Å². The molecule has 0 bridgehead atoms. The molecule has 0 saturated carbocycles. The number of aromatic nitrogens is 3. The average Bonchev–Trinajstić information content (AvgIpc) is 3.37. The molecule has 0 radical (unpaired) electrons. The number of fused-ring (bicyclic) bond motifs is 2. The number of amides is 1. The van der Waals surface area contributed by atoms with Crippen LogP contribution in [-0.2, 0) is 9.59 Å². The van der Waals surface area contributed by atoms with Crippen molar-refractivity contribution in [2.24, 2.45) is 11.8 Å². The molecule has 5 rings (SSSR count). The minimum Gasteiger partial charge on any atom is -0.393 e. The largest absolute Gasteiger partial charge is 0.393 e. The number of aliphatic hydroxyl groups excluding tert-OH is 2. The summed E-state index contributed by atoms with van der Waals surface area (Å²) in [5.41, 5.74) is 2.46. The fourth-order valence-electron chi connectivity index (χ4n) is 4.90. The van der Waals surface area contributed by atoms with Gasteiger partial charge in [0.2, 0.25) is 5.91 Å². The van der Waals surface area contributed by atoms with Gasteiger partial charge in [0, 0.05) is 30.7 Å². The van der Waals surface area contributed by atoms with E-state index >= 15 is 0 Å². The van der Waals surface area contributed by atoms with Crippen molar-refractivity contribution in [2.45, 2.75) is 39.0 Å². The first-order valence-corrected chi connectivity index (χ1v) is 11.0. The Balaban J connectivity index is 1.59. The number of allylic oxidation sites excluding steroid dienone is 1. The van der Waals surface area contributed by atoms with Gasteiger partial charge in [-0.25, -0.2) is 9.97 Å². The highest BCUT2D eigenvalue weighted by atomic mass is 32.1. The third kappa shape index (κ3) is 2.80. The lowest BCUT2D eigenvalue weighted by molar-refractivity contribution is -0.379. The molecule has 8 nitrogen and oxygen atoms in total. The van der Waals surface area contributed by atoms with Crippen molar-refractivity contribution >= 4 is 33.4 Å². The number of aromatic amines is 1. The quantitative estimate of drug-likeness (QED) is 0.585. The van der Waals surface area contributed by atoms with Gasteiger partial charge in [0.15, 0.2) is 18.2 Å². The number of rotatable bonds is 5. The normalized spacial score (nSPS) is 25.0. The second-order valence-electron chi connectivity index (χ2n) is 8.25. The molecule has 160 valence electrons. The summed E-state index contributed by atoms with van der Waals surface area (Å²) in [5, 5.41) is 20.9. The topological polar surface area (TPSA) is 109 Å². The van der Waals surface area contributed by atoms with Gasteiger partial charge in [-0.15, -0.1) is 11.3 Å². The fourth-order valence-corrected chi connectivity index (χ4v) is 6.14. The predicted octanol–water partition coefficient (Wildman–Crippen LogP) is 1.45. The van der Waals surface area contributed by atoms with Crippen LogP contribution in [0.1, 0.15) is 43.0 Å². The van der Waals surface area contributed by atoms with Crippen LogP contribution >= 0.6 is 11.3 Å². The minimum absolute atomic E-state index is 0.0930. The number of H-pyrrole nitrogens is 1. The number of aliphatic hydroxyl groups is 2. The van der Waals surface area contributed by atoms with E-state index in [1.54, 1.807) is 30.5 Å². The molecule has 0 spiro atoms. The average molecular weight is 440 g/mol. The Bertz CT molecular complexity index is 1230. The molecule has 3 N–H and O–H groups in total. The Morgan fingerprint density at radius 3 is 2.77 bits per heavy atom. The number of nitrogens with zero attached hydrogens (tertiary/aromatic N) is 3. The molecule has 2 aliphatic heterocycles. The summed E-state index contributed by atoms with van der Waals surface area (Å²) in [4.78, 5) is 35.8. The third-order valence-corrected chi connectivity index (χ3v) is 7.47. The van der Waals surface area contributed by atoms with E-state index in [0.29, 0.717) is 17.0 Å². The zero-order valence-electron chi connectivity index (χ0n) is 17.3. The lowest BCUT2D eigenvalue weighted by Crippen LogP contribution is -2.63. The molecular formula is C22H23N4O4S+. The highest BCUT2D eigenvalue weighted by Gasteiger charge is 2.59. The molecule has 31 heavy (non-hydrogen) atoms. The van der Waals surface area contributed by atoms with Gasteiger partial charge in [-0.1, -0.05) is 6.92 Å². The van der Waals surface area contributed by atoms with Crippen LogP contribution in [0.2, 0.25) is 0 Å². The Labute approximate surface area is 182 Å². The van der Waals surface area contributed by atoms with Crippen LogP contribution in [0.25, 0.3) is 10.4 Å². The van der Waals surface area contributed by atoms with Crippen molar-refractivity contribution in [2.75, 3.05) is 0 Å². The predicted molar refractivity (Wildman–Crippen MR) is 113 cm³/mol. The molecule has 1 amide bonds. The Hall–Kier alpha value is -2.88. The maximum Gasteiger partial charge on any atom is 0.235 e. The maximum absolute atomic E-state index is 12.7. The van der Waals surface area contributed by atoms with Crippen molar-refractivity contribution in [1.82, 2.24) is 14.3 Å². The maximum atomic E-state index is 12.7. The van der Waals surface area contributed by atoms with Gasteiger partial charge >= 0.3 is 0 Å². The Kier molecular flexibility index (Phi) is 4.58. The standard InChI is InChI=1S/C22H22N4O4S/c1-10-15(19(12(3)28)26-18(10)16(11(2)27)21(26)30)14-8-25-9-24-17(22(25)31-14)20(29)13-5-4-6-23-7-13/h4-11,16,18,20,27,29H,1-3H3/p+1/t10-,11+,16+,18+,20?/m0/s1. The van der Waals surface area contributed by atoms with Crippen LogP contribution in [0.4, 0.5) is 0 Å². The fraction of sp³-hybridized carbons (Fsp3) is 0.364. The van der Waals surface area contributed by atoms with Gasteiger partial charge < -0.3 is 15.1 Å². The van der Waals surface area contributed by atoms with E-state index in [1.165, 1.54) is 18.3 Å². The molecular weight excluding hydrogens is 416 g/mol. The van der Waals surface area contributed by atoms with E-state index < -0.39 is 18.1 Å². The first kappa shape index (κ1) is 20.0. The van der Waals surface area contributed by atoms with Gasteiger partial charge in [-0.05, 0) is 13.0 Å². The number of nitrogens with one attached hydrogen (secondary N) is 1. The van der Waals surface area contributed by atoms with Gasteiger partial charge in [0.25, 0.3) is 0 Å². The molecule has 1 saturated heterocycles. The van der Waals surface area contributed by atoms with Crippen molar-refractivity contribution in [3.63, 3.8) is 0 Å². The number of pyridine rings is 1. The number of Topliss-reactive ketones (excluding diaryl/α,β-unsaturated/α-hetero) is 1. The molecule has 3 aromatic rings. The van der Waals surface area contributed by atoms with Crippen LogP contribution in [0.3, 0.4) is 0 Å². The van der Waals surface area contributed by atoms with E-state index in [4.69, 9.17) is 0 Å². The molecule has 5 atom stereocenters. The molecule has 9 heteroatoms. The van der Waals surface area contributed by atoms with Crippen LogP contribution in [-0.4, -0.2) is 48.3 Å². The van der Waals surface area contributed by atoms with E-state index in [9.17, 15) is 19.8 Å². The highest BCUT2D eigenvalue weighted by Crippen LogP contribution is 2.51. The lowest BCUT2D eigenvalue weighted by atomic mass is 9.77. The first-order chi connectivity index (χ1) is 14.8. The molecule has 0 aliphatic carbocycles. The summed E-state index contributed by atoms with van der Waals surface area (Å²) in [7, 11) is 0.